The molecule has 0 radical (unpaired) electrons. The summed E-state index contributed by atoms with van der Waals surface area (Å²) < 4.78 is 6.63. The first-order valence-electron chi connectivity index (χ1n) is 8.96. The normalized spacial score (nSPS) is 12.4. The molecule has 26 heavy (non-hydrogen) atoms. The fourth-order valence-corrected chi connectivity index (χ4v) is 4.02. The van der Waals surface area contributed by atoms with Crippen LogP contribution in [0.2, 0.25) is 18.1 Å². The summed E-state index contributed by atoms with van der Waals surface area (Å²) in [6, 6.07) is 19.0. The van der Waals surface area contributed by atoms with E-state index in [1.807, 2.05) is 6.07 Å². The summed E-state index contributed by atoms with van der Waals surface area (Å²) in [6.45, 7) is 11.3. The third-order valence-corrected chi connectivity index (χ3v) is 10.2. The molecule has 0 atom stereocenters. The number of pyridine rings is 1. The Morgan fingerprint density at radius 1 is 0.962 bits per heavy atom. The Labute approximate surface area is 165 Å². The molecule has 0 aliphatic heterocycles. The van der Waals surface area contributed by atoms with E-state index >= 15 is 0 Å². The van der Waals surface area contributed by atoms with Crippen LogP contribution in [-0.4, -0.2) is 13.3 Å². The van der Waals surface area contributed by atoms with Crippen LogP contribution < -0.4 is 4.43 Å². The number of rotatable bonds is 4. The van der Waals surface area contributed by atoms with Gasteiger partial charge in [-0.25, -0.2) is 4.98 Å². The zero-order valence-corrected chi connectivity index (χ0v) is 18.7. The van der Waals surface area contributed by atoms with E-state index in [0.29, 0.717) is 0 Å². The topological polar surface area (TPSA) is 22.1 Å². The van der Waals surface area contributed by atoms with Gasteiger partial charge in [0, 0.05) is 10.7 Å². The first-order chi connectivity index (χ1) is 12.2. The molecule has 0 aliphatic carbocycles. The largest absolute Gasteiger partial charge is 0.542 e. The fraction of sp³-hybridized carbons (Fsp3) is 0.318. The maximum Gasteiger partial charge on any atom is 0.250 e. The van der Waals surface area contributed by atoms with Crippen LogP contribution in [0.3, 0.4) is 0 Å². The highest BCUT2D eigenvalue weighted by Gasteiger charge is 2.39. The maximum absolute atomic E-state index is 6.63. The van der Waals surface area contributed by atoms with Crippen LogP contribution in [0.4, 0.5) is 0 Å². The molecule has 0 aliphatic rings. The molecule has 0 saturated carbocycles. The minimum Gasteiger partial charge on any atom is -0.542 e. The molecule has 2 nitrogen and oxygen atoms in total. The van der Waals surface area contributed by atoms with E-state index < -0.39 is 8.32 Å². The molecule has 2 aromatic carbocycles. The van der Waals surface area contributed by atoms with Crippen molar-refractivity contribution in [1.82, 2.24) is 4.98 Å². The average molecular weight is 428 g/mol. The smallest absolute Gasteiger partial charge is 0.250 e. The van der Waals surface area contributed by atoms with Crippen molar-refractivity contribution >= 4 is 35.2 Å². The van der Waals surface area contributed by atoms with Gasteiger partial charge in [-0.1, -0.05) is 73.1 Å². The first-order valence-corrected chi connectivity index (χ1v) is 13.0. The van der Waals surface area contributed by atoms with E-state index in [1.54, 1.807) is 0 Å². The number of nitrogens with zero attached hydrogens (tertiary/aromatic N) is 1. The second-order valence-electron chi connectivity index (χ2n) is 8.17. The molecular weight excluding hydrogens is 402 g/mol. The lowest BCUT2D eigenvalue weighted by Crippen LogP contribution is -2.43. The Hall–Kier alpha value is -1.65. The van der Waals surface area contributed by atoms with Gasteiger partial charge < -0.3 is 4.43 Å². The molecule has 0 bridgehead atoms. The summed E-state index contributed by atoms with van der Waals surface area (Å²) in [6.07, 6.45) is 0. The highest BCUT2D eigenvalue weighted by Crippen LogP contribution is 2.40. The molecule has 1 aromatic heterocycles. The first kappa shape index (κ1) is 19.1. The predicted molar refractivity (Wildman–Crippen MR) is 118 cm³/mol. The van der Waals surface area contributed by atoms with Crippen LogP contribution >= 0.6 is 15.9 Å². The molecule has 1 heterocycles. The minimum atomic E-state index is -1.94. The average Bonchev–Trinajstić information content (AvgIpc) is 2.61. The standard InChI is InChI=1S/C22H26BrNOSi/c1-22(2,3)26(4,5)25-20-14-13-18(16-9-7-6-8-10-16)19-12-11-17(15-23)24-21(19)20/h6-14H,15H2,1-5H3. The maximum atomic E-state index is 6.63. The van der Waals surface area contributed by atoms with Crippen molar-refractivity contribution in [1.29, 1.82) is 0 Å². The van der Waals surface area contributed by atoms with E-state index in [1.165, 1.54) is 11.1 Å². The van der Waals surface area contributed by atoms with E-state index in [4.69, 9.17) is 9.41 Å². The molecule has 4 heteroatoms. The Balaban J connectivity index is 2.19. The van der Waals surface area contributed by atoms with Gasteiger partial charge in [0.1, 0.15) is 11.3 Å². The van der Waals surface area contributed by atoms with Gasteiger partial charge in [0.25, 0.3) is 8.32 Å². The summed E-state index contributed by atoms with van der Waals surface area (Å²) in [5.41, 5.74) is 4.36. The number of aromatic nitrogens is 1. The zero-order valence-electron chi connectivity index (χ0n) is 16.1. The highest BCUT2D eigenvalue weighted by atomic mass is 79.9. The van der Waals surface area contributed by atoms with Crippen molar-refractivity contribution in [2.45, 2.75) is 44.2 Å². The third kappa shape index (κ3) is 3.72. The second kappa shape index (κ2) is 7.16. The van der Waals surface area contributed by atoms with E-state index in [0.717, 1.165) is 27.7 Å². The lowest BCUT2D eigenvalue weighted by molar-refractivity contribution is 0.495. The molecule has 3 rings (SSSR count). The molecule has 3 aromatic rings. The van der Waals surface area contributed by atoms with Gasteiger partial charge >= 0.3 is 0 Å². The molecular formula is C22H26BrNOSi. The number of fused-ring (bicyclic) bond motifs is 1. The molecule has 0 spiro atoms. The summed E-state index contributed by atoms with van der Waals surface area (Å²) >= 11 is 3.53. The van der Waals surface area contributed by atoms with E-state index in [9.17, 15) is 0 Å². The summed E-state index contributed by atoms with van der Waals surface area (Å²) in [5, 5.41) is 2.01. The number of benzene rings is 2. The molecule has 136 valence electrons. The van der Waals surface area contributed by atoms with Crippen LogP contribution in [0.5, 0.6) is 5.75 Å². The molecule has 0 amide bonds. The van der Waals surface area contributed by atoms with Gasteiger partial charge in [0.05, 0.1) is 5.69 Å². The number of halogens is 1. The van der Waals surface area contributed by atoms with Crippen molar-refractivity contribution < 1.29 is 4.43 Å². The zero-order chi connectivity index (χ0) is 18.9. The molecule has 0 N–H and O–H groups in total. The number of hydrogen-bond donors (Lipinski definition) is 0. The predicted octanol–water partition coefficient (Wildman–Crippen LogP) is 7.18. The van der Waals surface area contributed by atoms with Gasteiger partial charge in [-0.15, -0.1) is 0 Å². The number of hydrogen-bond acceptors (Lipinski definition) is 2. The summed E-state index contributed by atoms with van der Waals surface area (Å²) in [5.74, 6) is 0.897. The van der Waals surface area contributed by atoms with Crippen LogP contribution in [0.15, 0.2) is 54.6 Å². The lowest BCUT2D eigenvalue weighted by Gasteiger charge is -2.36. The van der Waals surface area contributed by atoms with Gasteiger partial charge in [-0.3, -0.25) is 0 Å². The summed E-state index contributed by atoms with van der Waals surface area (Å²) in [7, 11) is -1.94. The Bertz CT molecular complexity index is 917. The molecule has 0 saturated heterocycles. The van der Waals surface area contributed by atoms with Crippen LogP contribution in [0, 0.1) is 0 Å². The van der Waals surface area contributed by atoms with Crippen molar-refractivity contribution in [3.63, 3.8) is 0 Å². The van der Waals surface area contributed by atoms with Crippen molar-refractivity contribution in [2.75, 3.05) is 0 Å². The Kier molecular flexibility index (Phi) is 5.27. The fourth-order valence-electron chi connectivity index (χ4n) is 2.69. The Morgan fingerprint density at radius 3 is 2.27 bits per heavy atom. The van der Waals surface area contributed by atoms with Gasteiger partial charge in [0.2, 0.25) is 0 Å². The minimum absolute atomic E-state index is 0.143. The van der Waals surface area contributed by atoms with Crippen LogP contribution in [-0.2, 0) is 5.33 Å². The molecule has 0 fully saturated rings. The quantitative estimate of drug-likeness (QED) is 0.324. The van der Waals surface area contributed by atoms with E-state index in [2.05, 4.69) is 98.3 Å². The van der Waals surface area contributed by atoms with Crippen LogP contribution in [0.1, 0.15) is 26.5 Å². The molecule has 0 unspecified atom stereocenters. The van der Waals surface area contributed by atoms with Crippen molar-refractivity contribution in [3.8, 4) is 16.9 Å². The monoisotopic (exact) mass is 427 g/mol. The van der Waals surface area contributed by atoms with Gasteiger partial charge in [-0.05, 0) is 47.5 Å². The SMILES string of the molecule is CC(C)(C)[Si](C)(C)Oc1ccc(-c2ccccc2)c2ccc(CBr)nc12. The highest BCUT2D eigenvalue weighted by molar-refractivity contribution is 9.08. The van der Waals surface area contributed by atoms with Gasteiger partial charge in [0.15, 0.2) is 0 Å². The number of alkyl halides is 1. The van der Waals surface area contributed by atoms with Crippen molar-refractivity contribution in [3.05, 3.63) is 60.3 Å². The Morgan fingerprint density at radius 2 is 1.65 bits per heavy atom. The summed E-state index contributed by atoms with van der Waals surface area (Å²) in [4.78, 5) is 4.90. The van der Waals surface area contributed by atoms with E-state index in [-0.39, 0.29) is 5.04 Å². The lowest BCUT2D eigenvalue weighted by atomic mass is 10.00. The second-order valence-corrected chi connectivity index (χ2v) is 13.5. The third-order valence-electron chi connectivity index (χ3n) is 5.27. The van der Waals surface area contributed by atoms with Crippen molar-refractivity contribution in [2.24, 2.45) is 0 Å². The van der Waals surface area contributed by atoms with Crippen LogP contribution in [0.25, 0.3) is 22.0 Å². The van der Waals surface area contributed by atoms with Gasteiger partial charge in [-0.2, -0.15) is 0 Å².